The van der Waals surface area contributed by atoms with E-state index in [-0.39, 0.29) is 0 Å². The van der Waals surface area contributed by atoms with Gasteiger partial charge in [0.2, 0.25) is 0 Å². The molecule has 1 unspecified atom stereocenters. The van der Waals surface area contributed by atoms with E-state index in [2.05, 4.69) is 32.7 Å². The molecule has 3 N–H and O–H groups in total. The van der Waals surface area contributed by atoms with Crippen LogP contribution >= 0.6 is 11.3 Å². The van der Waals surface area contributed by atoms with Crippen LogP contribution in [-0.2, 0) is 6.54 Å². The molecule has 1 atom stereocenters. The Hall–Kier alpha value is -2.64. The molecule has 0 aliphatic heterocycles. The molecular weight excluding hydrogens is 358 g/mol. The number of thiophene rings is 1. The Morgan fingerprint density at radius 2 is 2.00 bits per heavy atom. The molecule has 0 fully saturated rings. The first-order valence-corrected chi connectivity index (χ1v) is 9.63. The number of nitrogens with zero attached hydrogens (tertiary/aromatic N) is 3. The summed E-state index contributed by atoms with van der Waals surface area (Å²) in [6, 6.07) is 16.1. The zero-order valence-electron chi connectivity index (χ0n) is 15.8. The van der Waals surface area contributed by atoms with Gasteiger partial charge in [0.25, 0.3) is 0 Å². The van der Waals surface area contributed by atoms with E-state index < -0.39 is 6.10 Å². The predicted octanol–water partition coefficient (Wildman–Crippen LogP) is 2.76. The molecule has 6 nitrogen and oxygen atoms in total. The molecule has 0 aliphatic carbocycles. The summed E-state index contributed by atoms with van der Waals surface area (Å²) in [6.07, 6.45) is -0.587. The molecule has 2 aromatic heterocycles. The van der Waals surface area contributed by atoms with Crippen LogP contribution in [0.25, 0.3) is 10.1 Å². The molecule has 3 aromatic rings. The van der Waals surface area contributed by atoms with Crippen molar-refractivity contribution in [2.45, 2.75) is 12.6 Å². The molecule has 0 spiro atoms. The van der Waals surface area contributed by atoms with Crippen LogP contribution in [0.3, 0.4) is 0 Å². The molecule has 0 bridgehead atoms. The van der Waals surface area contributed by atoms with E-state index in [0.717, 1.165) is 21.8 Å². The highest BCUT2D eigenvalue weighted by atomic mass is 32.1. The van der Waals surface area contributed by atoms with Crippen LogP contribution in [0.5, 0.6) is 0 Å². The smallest absolute Gasteiger partial charge is 0.191 e. The van der Waals surface area contributed by atoms with Gasteiger partial charge in [0, 0.05) is 37.3 Å². The van der Waals surface area contributed by atoms with Gasteiger partial charge in [-0.25, -0.2) is 4.98 Å². The van der Waals surface area contributed by atoms with Crippen LogP contribution in [0.15, 0.2) is 53.5 Å². The first-order chi connectivity index (χ1) is 13.1. The summed E-state index contributed by atoms with van der Waals surface area (Å²) in [5.74, 6) is 1.55. The van der Waals surface area contributed by atoms with Gasteiger partial charge in [0.05, 0.1) is 12.2 Å². The highest BCUT2D eigenvalue weighted by Crippen LogP contribution is 2.29. The van der Waals surface area contributed by atoms with E-state index in [1.54, 1.807) is 18.4 Å². The van der Waals surface area contributed by atoms with Crippen molar-refractivity contribution in [1.82, 2.24) is 15.6 Å². The molecule has 0 saturated heterocycles. The fourth-order valence-electron chi connectivity index (χ4n) is 2.67. The lowest BCUT2D eigenvalue weighted by atomic mass is 10.2. The number of aliphatic hydroxyl groups is 1. The van der Waals surface area contributed by atoms with Gasteiger partial charge in [-0.2, -0.15) is 0 Å². The Kier molecular flexibility index (Phi) is 6.26. The van der Waals surface area contributed by atoms with E-state index >= 15 is 0 Å². The second-order valence-electron chi connectivity index (χ2n) is 6.39. The maximum Gasteiger partial charge on any atom is 0.191 e. The van der Waals surface area contributed by atoms with Crippen LogP contribution in [0.4, 0.5) is 5.82 Å². The first kappa shape index (κ1) is 19.1. The molecule has 0 aliphatic rings. The topological polar surface area (TPSA) is 72.8 Å². The summed E-state index contributed by atoms with van der Waals surface area (Å²) in [5.41, 5.74) is 0.925. The number of nitrogens with one attached hydrogen (secondary N) is 2. The molecule has 2 heterocycles. The summed E-state index contributed by atoms with van der Waals surface area (Å²) in [5, 5.41) is 18.1. The summed E-state index contributed by atoms with van der Waals surface area (Å²) in [4.78, 5) is 11.7. The summed E-state index contributed by atoms with van der Waals surface area (Å²) in [6.45, 7) is 0.942. The van der Waals surface area contributed by atoms with Crippen LogP contribution < -0.4 is 15.5 Å². The number of guanidine groups is 1. The first-order valence-electron chi connectivity index (χ1n) is 8.81. The summed E-state index contributed by atoms with van der Waals surface area (Å²) >= 11 is 1.61. The summed E-state index contributed by atoms with van der Waals surface area (Å²) < 4.78 is 1.18. The Labute approximate surface area is 163 Å². The number of benzene rings is 1. The minimum absolute atomic E-state index is 0.387. The fraction of sp³-hybridized carbons (Fsp3) is 0.300. The molecule has 142 valence electrons. The molecular formula is C20H25N5OS. The number of aliphatic imine (C=N–C) groups is 1. The third kappa shape index (κ3) is 4.96. The van der Waals surface area contributed by atoms with Crippen molar-refractivity contribution in [2.75, 3.05) is 32.6 Å². The normalized spacial score (nSPS) is 12.8. The number of hydrogen-bond donors (Lipinski definition) is 3. The number of hydrogen-bond acceptors (Lipinski definition) is 5. The lowest BCUT2D eigenvalue weighted by molar-refractivity contribution is 0.184. The monoisotopic (exact) mass is 383 g/mol. The van der Waals surface area contributed by atoms with Gasteiger partial charge >= 0.3 is 0 Å². The highest BCUT2D eigenvalue weighted by molar-refractivity contribution is 7.19. The Balaban J connectivity index is 1.55. The Bertz CT molecular complexity index is 888. The predicted molar refractivity (Wildman–Crippen MR) is 114 cm³/mol. The molecule has 3 rings (SSSR count). The number of pyridine rings is 1. The lowest BCUT2D eigenvalue weighted by Crippen LogP contribution is -2.39. The largest absolute Gasteiger partial charge is 0.386 e. The molecule has 0 radical (unpaired) electrons. The maximum atomic E-state index is 10.5. The van der Waals surface area contributed by atoms with E-state index in [1.807, 2.05) is 55.4 Å². The van der Waals surface area contributed by atoms with Gasteiger partial charge in [-0.3, -0.25) is 4.99 Å². The van der Waals surface area contributed by atoms with Gasteiger partial charge in [-0.1, -0.05) is 24.3 Å². The molecule has 0 saturated carbocycles. The van der Waals surface area contributed by atoms with E-state index in [1.165, 1.54) is 4.70 Å². The Morgan fingerprint density at radius 3 is 2.74 bits per heavy atom. The fourth-order valence-corrected chi connectivity index (χ4v) is 3.72. The van der Waals surface area contributed by atoms with E-state index in [4.69, 9.17) is 0 Å². The molecule has 0 amide bonds. The van der Waals surface area contributed by atoms with Gasteiger partial charge < -0.3 is 20.6 Å². The van der Waals surface area contributed by atoms with Crippen molar-refractivity contribution in [3.8, 4) is 0 Å². The van der Waals surface area contributed by atoms with E-state index in [9.17, 15) is 5.11 Å². The maximum absolute atomic E-state index is 10.5. The van der Waals surface area contributed by atoms with Crippen LogP contribution in [0, 0.1) is 0 Å². The number of rotatable bonds is 6. The minimum Gasteiger partial charge on any atom is -0.386 e. The number of fused-ring (bicyclic) bond motifs is 1. The number of aliphatic hydroxyl groups excluding tert-OH is 1. The van der Waals surface area contributed by atoms with Crippen molar-refractivity contribution in [3.05, 3.63) is 59.1 Å². The highest BCUT2D eigenvalue weighted by Gasteiger charge is 2.12. The lowest BCUT2D eigenvalue weighted by Gasteiger charge is -2.15. The quantitative estimate of drug-likeness (QED) is 0.451. The third-order valence-corrected chi connectivity index (χ3v) is 5.36. The zero-order chi connectivity index (χ0) is 19.2. The SMILES string of the molecule is CN=C(NCc1cccc(N(C)C)n1)NCC(O)c1cc2ccccc2s1. The van der Waals surface area contributed by atoms with Crippen molar-refractivity contribution in [1.29, 1.82) is 0 Å². The standard InChI is InChI=1S/C20H25N5OS/c1-21-20(22-12-15-8-6-10-19(24-15)25(2)3)23-13-16(26)18-11-14-7-4-5-9-17(14)27-18/h4-11,16,26H,12-13H2,1-3H3,(H2,21,22,23). The molecule has 1 aromatic carbocycles. The van der Waals surface area contributed by atoms with Gasteiger partial charge in [-0.15, -0.1) is 11.3 Å². The second-order valence-corrected chi connectivity index (χ2v) is 7.51. The van der Waals surface area contributed by atoms with Crippen molar-refractivity contribution in [3.63, 3.8) is 0 Å². The van der Waals surface area contributed by atoms with E-state index in [0.29, 0.717) is 19.0 Å². The van der Waals surface area contributed by atoms with Crippen LogP contribution in [-0.4, -0.2) is 43.7 Å². The average molecular weight is 384 g/mol. The van der Waals surface area contributed by atoms with Crippen molar-refractivity contribution < 1.29 is 5.11 Å². The van der Waals surface area contributed by atoms with Crippen LogP contribution in [0.2, 0.25) is 0 Å². The Morgan fingerprint density at radius 1 is 1.19 bits per heavy atom. The van der Waals surface area contributed by atoms with Gasteiger partial charge in [0.1, 0.15) is 11.9 Å². The third-order valence-electron chi connectivity index (χ3n) is 4.15. The number of aromatic nitrogens is 1. The van der Waals surface area contributed by atoms with Gasteiger partial charge in [0.15, 0.2) is 5.96 Å². The second kappa shape index (κ2) is 8.83. The van der Waals surface area contributed by atoms with Gasteiger partial charge in [-0.05, 0) is 29.7 Å². The summed E-state index contributed by atoms with van der Waals surface area (Å²) in [7, 11) is 5.65. The van der Waals surface area contributed by atoms with Crippen molar-refractivity contribution in [2.24, 2.45) is 4.99 Å². The molecule has 7 heteroatoms. The molecule has 27 heavy (non-hydrogen) atoms. The zero-order valence-corrected chi connectivity index (χ0v) is 16.6. The average Bonchev–Trinajstić information content (AvgIpc) is 3.12. The number of anilines is 1. The van der Waals surface area contributed by atoms with Crippen molar-refractivity contribution >= 4 is 33.2 Å². The van der Waals surface area contributed by atoms with Crippen LogP contribution in [0.1, 0.15) is 16.7 Å². The minimum atomic E-state index is -0.587.